The van der Waals surface area contributed by atoms with Crippen LogP contribution in [0, 0.1) is 12.7 Å². The summed E-state index contributed by atoms with van der Waals surface area (Å²) >= 11 is 1.30. The second-order valence-electron chi connectivity index (χ2n) is 4.69. The molecule has 21 heavy (non-hydrogen) atoms. The minimum Gasteiger partial charge on any atom is -0.486 e. The number of halogens is 1. The summed E-state index contributed by atoms with van der Waals surface area (Å²) in [6.07, 6.45) is 1.50. The summed E-state index contributed by atoms with van der Waals surface area (Å²) in [6, 6.07) is 2.68. The molecule has 1 aromatic heterocycles. The maximum Gasteiger partial charge on any atom is 0.338 e. The van der Waals surface area contributed by atoms with E-state index in [1.807, 2.05) is 6.92 Å². The van der Waals surface area contributed by atoms with Crippen molar-refractivity contribution in [3.05, 3.63) is 34.6 Å². The van der Waals surface area contributed by atoms with Gasteiger partial charge in [0.1, 0.15) is 22.7 Å². The van der Waals surface area contributed by atoms with Gasteiger partial charge in [0, 0.05) is 11.1 Å². The second-order valence-corrected chi connectivity index (χ2v) is 5.93. The molecule has 110 valence electrons. The molecule has 0 atom stereocenters. The van der Waals surface area contributed by atoms with Crippen molar-refractivity contribution in [2.45, 2.75) is 13.0 Å². The van der Waals surface area contributed by atoms with Crippen LogP contribution < -0.4 is 4.74 Å². The normalized spacial score (nSPS) is 14.8. The number of aryl methyl sites for hydroxylation is 1. The third-order valence-corrected chi connectivity index (χ3v) is 3.98. The van der Waals surface area contributed by atoms with E-state index in [9.17, 15) is 9.18 Å². The van der Waals surface area contributed by atoms with Gasteiger partial charge in [-0.15, -0.1) is 11.3 Å². The van der Waals surface area contributed by atoms with Gasteiger partial charge < -0.3 is 14.6 Å². The highest BCUT2D eigenvalue weighted by Crippen LogP contribution is 2.33. The van der Waals surface area contributed by atoms with Crippen molar-refractivity contribution in [3.63, 3.8) is 0 Å². The summed E-state index contributed by atoms with van der Waals surface area (Å²) in [5.74, 6) is -1.82. The zero-order valence-corrected chi connectivity index (χ0v) is 11.9. The van der Waals surface area contributed by atoms with Crippen LogP contribution in [-0.4, -0.2) is 35.4 Å². The lowest BCUT2D eigenvalue weighted by molar-refractivity contribution is -0.0797. The summed E-state index contributed by atoms with van der Waals surface area (Å²) < 4.78 is 24.9. The molecule has 0 aliphatic carbocycles. The number of aromatic carboxylic acids is 1. The Morgan fingerprint density at radius 1 is 1.52 bits per heavy atom. The van der Waals surface area contributed by atoms with Crippen molar-refractivity contribution in [2.75, 3.05) is 13.2 Å². The molecular weight excluding hydrogens is 297 g/mol. The van der Waals surface area contributed by atoms with E-state index >= 15 is 0 Å². The number of carboxylic acid groups (broad SMARTS) is 1. The Kier molecular flexibility index (Phi) is 3.60. The summed E-state index contributed by atoms with van der Waals surface area (Å²) in [5.41, 5.74) is -0.279. The molecular formula is C14H12FNO4S. The number of aromatic nitrogens is 1. The molecule has 1 aliphatic rings. The third kappa shape index (κ3) is 2.74. The van der Waals surface area contributed by atoms with E-state index in [2.05, 4.69) is 4.98 Å². The van der Waals surface area contributed by atoms with Crippen molar-refractivity contribution < 1.29 is 23.8 Å². The molecule has 3 rings (SSSR count). The Morgan fingerprint density at radius 2 is 2.29 bits per heavy atom. The number of rotatable bonds is 4. The Labute approximate surface area is 124 Å². The lowest BCUT2D eigenvalue weighted by Gasteiger charge is -2.27. The van der Waals surface area contributed by atoms with E-state index in [4.69, 9.17) is 14.6 Å². The van der Waals surface area contributed by atoms with Crippen molar-refractivity contribution in [1.82, 2.24) is 4.98 Å². The van der Waals surface area contributed by atoms with E-state index in [0.29, 0.717) is 24.0 Å². The summed E-state index contributed by atoms with van der Waals surface area (Å²) in [6.45, 7) is 2.75. The Hall–Kier alpha value is -1.99. The van der Waals surface area contributed by atoms with Crippen molar-refractivity contribution in [1.29, 1.82) is 0 Å². The van der Waals surface area contributed by atoms with E-state index in [-0.39, 0.29) is 11.7 Å². The summed E-state index contributed by atoms with van der Waals surface area (Å²) in [4.78, 5) is 16.2. The molecule has 2 heterocycles. The Morgan fingerprint density at radius 3 is 2.81 bits per heavy atom. The highest BCUT2D eigenvalue weighted by Gasteiger charge is 2.24. The van der Waals surface area contributed by atoms with Crippen LogP contribution in [0.25, 0.3) is 10.6 Å². The highest BCUT2D eigenvalue weighted by molar-refractivity contribution is 7.14. The second kappa shape index (κ2) is 5.42. The molecule has 0 radical (unpaired) electrons. The zero-order chi connectivity index (χ0) is 15.0. The SMILES string of the molecule is Cc1cnc(-c2cc(OC3COC3)cc(C(=O)O)c2F)s1. The molecule has 0 amide bonds. The van der Waals surface area contributed by atoms with Crippen LogP contribution in [0.1, 0.15) is 15.2 Å². The van der Waals surface area contributed by atoms with Crippen molar-refractivity contribution >= 4 is 17.3 Å². The van der Waals surface area contributed by atoms with Crippen LogP contribution in [0.3, 0.4) is 0 Å². The summed E-state index contributed by atoms with van der Waals surface area (Å²) in [7, 11) is 0. The smallest absolute Gasteiger partial charge is 0.338 e. The van der Waals surface area contributed by atoms with Crippen molar-refractivity contribution in [2.24, 2.45) is 0 Å². The number of nitrogens with zero attached hydrogens (tertiary/aromatic N) is 1. The van der Waals surface area contributed by atoms with E-state index in [1.54, 1.807) is 6.20 Å². The first kappa shape index (κ1) is 14.0. The van der Waals surface area contributed by atoms with Crippen LogP contribution >= 0.6 is 11.3 Å². The number of hydrogen-bond donors (Lipinski definition) is 1. The van der Waals surface area contributed by atoms with Crippen LogP contribution in [-0.2, 0) is 4.74 Å². The fraction of sp³-hybridized carbons (Fsp3) is 0.286. The van der Waals surface area contributed by atoms with Gasteiger partial charge in [-0.2, -0.15) is 0 Å². The number of hydrogen-bond acceptors (Lipinski definition) is 5. The Balaban J connectivity index is 2.05. The van der Waals surface area contributed by atoms with Gasteiger partial charge in [0.05, 0.1) is 24.3 Å². The molecule has 1 saturated heterocycles. The fourth-order valence-electron chi connectivity index (χ4n) is 1.93. The average Bonchev–Trinajstić information content (AvgIpc) is 2.81. The van der Waals surface area contributed by atoms with Gasteiger partial charge >= 0.3 is 5.97 Å². The van der Waals surface area contributed by atoms with Crippen molar-refractivity contribution in [3.8, 4) is 16.3 Å². The van der Waals surface area contributed by atoms with Gasteiger partial charge in [-0.3, -0.25) is 0 Å². The first-order valence-corrected chi connectivity index (χ1v) is 7.10. The maximum absolute atomic E-state index is 14.3. The molecule has 1 fully saturated rings. The molecule has 0 bridgehead atoms. The van der Waals surface area contributed by atoms with Gasteiger partial charge in [-0.25, -0.2) is 14.2 Å². The highest BCUT2D eigenvalue weighted by atomic mass is 32.1. The van der Waals surface area contributed by atoms with Gasteiger partial charge in [0.2, 0.25) is 0 Å². The number of thiazole rings is 1. The lowest BCUT2D eigenvalue weighted by Crippen LogP contribution is -2.38. The van der Waals surface area contributed by atoms with Crippen LogP contribution in [0.15, 0.2) is 18.3 Å². The first-order chi connectivity index (χ1) is 10.0. The number of ether oxygens (including phenoxy) is 2. The van der Waals surface area contributed by atoms with Gasteiger partial charge in [-0.05, 0) is 19.1 Å². The quantitative estimate of drug-likeness (QED) is 0.940. The number of carboxylic acids is 1. The van der Waals surface area contributed by atoms with E-state index in [0.717, 1.165) is 4.88 Å². The minimum atomic E-state index is -1.34. The maximum atomic E-state index is 14.3. The van der Waals surface area contributed by atoms with Crippen LogP contribution in [0.5, 0.6) is 5.75 Å². The third-order valence-electron chi connectivity index (χ3n) is 3.04. The predicted molar refractivity (Wildman–Crippen MR) is 74.4 cm³/mol. The van der Waals surface area contributed by atoms with E-state index in [1.165, 1.54) is 23.5 Å². The van der Waals surface area contributed by atoms with Crippen LogP contribution in [0.2, 0.25) is 0 Å². The predicted octanol–water partition coefficient (Wildman–Crippen LogP) is 2.73. The van der Waals surface area contributed by atoms with E-state index < -0.39 is 17.3 Å². The fourth-order valence-corrected chi connectivity index (χ4v) is 2.71. The molecule has 0 unspecified atom stereocenters. The topological polar surface area (TPSA) is 68.7 Å². The van der Waals surface area contributed by atoms with Gasteiger partial charge in [0.15, 0.2) is 0 Å². The molecule has 0 spiro atoms. The summed E-state index contributed by atoms with van der Waals surface area (Å²) in [5, 5.41) is 9.57. The first-order valence-electron chi connectivity index (χ1n) is 6.28. The van der Waals surface area contributed by atoms with Gasteiger partial charge in [-0.1, -0.05) is 0 Å². The molecule has 7 heteroatoms. The molecule has 5 nitrogen and oxygen atoms in total. The molecule has 1 aliphatic heterocycles. The average molecular weight is 309 g/mol. The molecule has 1 N–H and O–H groups in total. The lowest BCUT2D eigenvalue weighted by atomic mass is 10.1. The monoisotopic (exact) mass is 309 g/mol. The zero-order valence-electron chi connectivity index (χ0n) is 11.1. The number of benzene rings is 1. The number of carbonyl (C=O) groups is 1. The van der Waals surface area contributed by atoms with Gasteiger partial charge in [0.25, 0.3) is 0 Å². The molecule has 2 aromatic rings. The molecule has 0 saturated carbocycles. The largest absolute Gasteiger partial charge is 0.486 e. The standard InChI is InChI=1S/C14H12FNO4S/c1-7-4-16-13(21-7)10-2-8(20-9-5-19-6-9)3-11(12(10)15)14(17)18/h2-4,9H,5-6H2,1H3,(H,17,18). The minimum absolute atomic E-state index is 0.122. The Bertz CT molecular complexity index is 696. The van der Waals surface area contributed by atoms with Crippen LogP contribution in [0.4, 0.5) is 4.39 Å². The molecule has 1 aromatic carbocycles.